The van der Waals surface area contributed by atoms with E-state index >= 15 is 0 Å². The first kappa shape index (κ1) is 15.7. The van der Waals surface area contributed by atoms with Gasteiger partial charge < -0.3 is 14.4 Å². The van der Waals surface area contributed by atoms with Gasteiger partial charge in [-0.1, -0.05) is 12.1 Å². The first-order valence-electron chi connectivity index (χ1n) is 8.55. The summed E-state index contributed by atoms with van der Waals surface area (Å²) in [6, 6.07) is 12.9. The van der Waals surface area contributed by atoms with Crippen LogP contribution in [0.25, 0.3) is 0 Å². The minimum Gasteiger partial charge on any atom is -0.493 e. The minimum atomic E-state index is -0.302. The highest BCUT2D eigenvalue weighted by Crippen LogP contribution is 2.27. The van der Waals surface area contributed by atoms with Crippen molar-refractivity contribution in [1.82, 2.24) is 0 Å². The van der Waals surface area contributed by atoms with Gasteiger partial charge in [0.05, 0.1) is 13.0 Å². The number of rotatable bonds is 4. The second-order valence-corrected chi connectivity index (χ2v) is 6.33. The number of carbonyl (C=O) groups excluding carboxylic acids is 2. The largest absolute Gasteiger partial charge is 0.493 e. The van der Waals surface area contributed by atoms with Crippen LogP contribution in [0.15, 0.2) is 42.5 Å². The molecule has 5 heteroatoms. The fourth-order valence-electron chi connectivity index (χ4n) is 3.30. The van der Waals surface area contributed by atoms with Crippen molar-refractivity contribution < 1.29 is 19.1 Å². The van der Waals surface area contributed by atoms with E-state index in [0.29, 0.717) is 18.8 Å². The molecule has 2 aromatic rings. The van der Waals surface area contributed by atoms with Crippen LogP contribution in [0.3, 0.4) is 0 Å². The zero-order chi connectivity index (χ0) is 17.2. The van der Waals surface area contributed by atoms with E-state index < -0.39 is 0 Å². The van der Waals surface area contributed by atoms with Crippen molar-refractivity contribution in [3.8, 4) is 11.5 Å². The van der Waals surface area contributed by atoms with Gasteiger partial charge in [0.2, 0.25) is 5.91 Å². The van der Waals surface area contributed by atoms with Gasteiger partial charge in [0.1, 0.15) is 11.5 Å². The lowest BCUT2D eigenvalue weighted by atomic mass is 10.1. The predicted octanol–water partition coefficient (Wildman–Crippen LogP) is 2.90. The third-order valence-corrected chi connectivity index (χ3v) is 4.56. The zero-order valence-electron chi connectivity index (χ0n) is 13.9. The number of hydrogen-bond acceptors (Lipinski definition) is 4. The summed E-state index contributed by atoms with van der Waals surface area (Å²) in [5, 5.41) is 0. The smallest absolute Gasteiger partial charge is 0.315 e. The van der Waals surface area contributed by atoms with Gasteiger partial charge in [-0.05, 0) is 47.9 Å². The second-order valence-electron chi connectivity index (χ2n) is 6.33. The molecule has 0 radical (unpaired) electrons. The van der Waals surface area contributed by atoms with Crippen LogP contribution in [0.1, 0.15) is 24.0 Å². The maximum absolute atomic E-state index is 12.2. The number of ether oxygens (including phenoxy) is 2. The SMILES string of the molecule is O=C(Cc1ccc2c(c1)CCO2)Oc1ccc(N2CCCC2=O)cc1. The van der Waals surface area contributed by atoms with Crippen molar-refractivity contribution in [3.63, 3.8) is 0 Å². The van der Waals surface area contributed by atoms with Crippen LogP contribution in [-0.4, -0.2) is 25.0 Å². The molecule has 2 aliphatic rings. The fraction of sp³-hybridized carbons (Fsp3) is 0.300. The summed E-state index contributed by atoms with van der Waals surface area (Å²) < 4.78 is 10.9. The van der Waals surface area contributed by atoms with Crippen LogP contribution >= 0.6 is 0 Å². The molecule has 25 heavy (non-hydrogen) atoms. The van der Waals surface area contributed by atoms with E-state index in [-0.39, 0.29) is 18.3 Å². The van der Waals surface area contributed by atoms with Crippen LogP contribution in [0, 0.1) is 0 Å². The average molecular weight is 337 g/mol. The fourth-order valence-corrected chi connectivity index (χ4v) is 3.30. The Balaban J connectivity index is 1.38. The molecule has 1 amide bonds. The molecule has 2 aliphatic heterocycles. The molecule has 1 saturated heterocycles. The minimum absolute atomic E-state index is 0.144. The normalized spacial score (nSPS) is 15.8. The Hall–Kier alpha value is -2.82. The molecule has 0 atom stereocenters. The zero-order valence-corrected chi connectivity index (χ0v) is 13.9. The van der Waals surface area contributed by atoms with Crippen LogP contribution in [0.5, 0.6) is 11.5 Å². The predicted molar refractivity (Wildman–Crippen MR) is 93.0 cm³/mol. The summed E-state index contributed by atoms with van der Waals surface area (Å²) in [7, 11) is 0. The van der Waals surface area contributed by atoms with Gasteiger partial charge in [0.15, 0.2) is 0 Å². The Morgan fingerprint density at radius 3 is 2.72 bits per heavy atom. The first-order chi connectivity index (χ1) is 12.2. The Kier molecular flexibility index (Phi) is 4.14. The summed E-state index contributed by atoms with van der Waals surface area (Å²) in [5.74, 6) is 1.24. The van der Waals surface area contributed by atoms with E-state index in [9.17, 15) is 9.59 Å². The lowest BCUT2D eigenvalue weighted by Gasteiger charge is -2.15. The number of amides is 1. The quantitative estimate of drug-likeness (QED) is 0.636. The molecule has 0 N–H and O–H groups in total. The molecule has 0 aliphatic carbocycles. The number of hydrogen-bond donors (Lipinski definition) is 0. The maximum atomic E-state index is 12.2. The number of nitrogens with zero attached hydrogens (tertiary/aromatic N) is 1. The molecule has 0 unspecified atom stereocenters. The lowest BCUT2D eigenvalue weighted by molar-refractivity contribution is -0.133. The molecule has 2 heterocycles. The molecular formula is C20H19NO4. The highest BCUT2D eigenvalue weighted by atomic mass is 16.5. The van der Waals surface area contributed by atoms with Crippen LogP contribution in [-0.2, 0) is 22.4 Å². The number of carbonyl (C=O) groups is 2. The third kappa shape index (κ3) is 3.36. The highest BCUT2D eigenvalue weighted by molar-refractivity contribution is 5.95. The number of fused-ring (bicyclic) bond motifs is 1. The maximum Gasteiger partial charge on any atom is 0.315 e. The van der Waals surface area contributed by atoms with Gasteiger partial charge in [-0.3, -0.25) is 9.59 Å². The molecule has 1 fully saturated rings. The van der Waals surface area contributed by atoms with Crippen molar-refractivity contribution in [2.45, 2.75) is 25.7 Å². The molecule has 4 rings (SSSR count). The van der Waals surface area contributed by atoms with Crippen LogP contribution in [0.4, 0.5) is 5.69 Å². The Morgan fingerprint density at radius 2 is 1.96 bits per heavy atom. The van der Waals surface area contributed by atoms with Crippen molar-refractivity contribution in [3.05, 3.63) is 53.6 Å². The average Bonchev–Trinajstić information content (AvgIpc) is 3.24. The van der Waals surface area contributed by atoms with E-state index in [1.807, 2.05) is 30.3 Å². The molecular weight excluding hydrogens is 318 g/mol. The van der Waals surface area contributed by atoms with E-state index in [1.54, 1.807) is 17.0 Å². The van der Waals surface area contributed by atoms with Crippen molar-refractivity contribution in [2.24, 2.45) is 0 Å². The van der Waals surface area contributed by atoms with Gasteiger partial charge in [-0.25, -0.2) is 0 Å². The van der Waals surface area contributed by atoms with Crippen molar-refractivity contribution in [2.75, 3.05) is 18.1 Å². The first-order valence-corrected chi connectivity index (χ1v) is 8.55. The van der Waals surface area contributed by atoms with Crippen LogP contribution in [0.2, 0.25) is 0 Å². The molecule has 128 valence electrons. The number of anilines is 1. The Bertz CT molecular complexity index is 813. The van der Waals surface area contributed by atoms with Gasteiger partial charge in [0, 0.05) is 25.1 Å². The summed E-state index contributed by atoms with van der Waals surface area (Å²) in [6.45, 7) is 1.45. The van der Waals surface area contributed by atoms with Crippen molar-refractivity contribution >= 4 is 17.6 Å². The van der Waals surface area contributed by atoms with E-state index in [1.165, 1.54) is 0 Å². The summed E-state index contributed by atoms with van der Waals surface area (Å²) in [4.78, 5) is 25.7. The van der Waals surface area contributed by atoms with E-state index in [0.717, 1.165) is 42.0 Å². The van der Waals surface area contributed by atoms with Gasteiger partial charge >= 0.3 is 5.97 Å². The third-order valence-electron chi connectivity index (χ3n) is 4.56. The van der Waals surface area contributed by atoms with E-state index in [4.69, 9.17) is 9.47 Å². The number of benzene rings is 2. The molecule has 0 saturated carbocycles. The van der Waals surface area contributed by atoms with Gasteiger partial charge in [0.25, 0.3) is 0 Å². The summed E-state index contributed by atoms with van der Waals surface area (Å²) in [6.07, 6.45) is 2.60. The van der Waals surface area contributed by atoms with Crippen LogP contribution < -0.4 is 14.4 Å². The highest BCUT2D eigenvalue weighted by Gasteiger charge is 2.21. The lowest BCUT2D eigenvalue weighted by Crippen LogP contribution is -2.23. The molecule has 0 bridgehead atoms. The van der Waals surface area contributed by atoms with Gasteiger partial charge in [-0.15, -0.1) is 0 Å². The Labute approximate surface area is 146 Å². The molecule has 2 aromatic carbocycles. The Morgan fingerprint density at radius 1 is 1.12 bits per heavy atom. The van der Waals surface area contributed by atoms with E-state index in [2.05, 4.69) is 0 Å². The van der Waals surface area contributed by atoms with Gasteiger partial charge in [-0.2, -0.15) is 0 Å². The van der Waals surface area contributed by atoms with Crippen molar-refractivity contribution in [1.29, 1.82) is 0 Å². The second kappa shape index (κ2) is 6.59. The standard InChI is InChI=1S/C20H19NO4/c22-19-2-1-10-21(19)16-4-6-17(7-5-16)25-20(23)13-14-3-8-18-15(12-14)9-11-24-18/h3-8,12H,1-2,9-11,13H2. The molecule has 0 spiro atoms. The molecule has 5 nitrogen and oxygen atoms in total. The number of esters is 1. The topological polar surface area (TPSA) is 55.8 Å². The monoisotopic (exact) mass is 337 g/mol. The summed E-state index contributed by atoms with van der Waals surface area (Å²) >= 11 is 0. The molecule has 0 aromatic heterocycles. The summed E-state index contributed by atoms with van der Waals surface area (Å²) in [5.41, 5.74) is 2.92.